The highest BCUT2D eigenvalue weighted by atomic mass is 32.1. The van der Waals surface area contributed by atoms with Crippen LogP contribution in [0.4, 0.5) is 11.4 Å². The monoisotopic (exact) mass is 399 g/mol. The second-order valence-electron chi connectivity index (χ2n) is 8.66. The molecule has 0 bridgehead atoms. The molecule has 4 aromatic rings. The molecule has 0 atom stereocenters. The molecule has 0 unspecified atom stereocenters. The van der Waals surface area contributed by atoms with Crippen molar-refractivity contribution in [2.45, 2.75) is 51.9 Å². The fraction of sp³-hybridized carbons (Fsp3) is 0.333. The van der Waals surface area contributed by atoms with E-state index >= 15 is 0 Å². The summed E-state index contributed by atoms with van der Waals surface area (Å²) in [5.41, 5.74) is 6.83. The first-order valence-corrected chi connectivity index (χ1v) is 11.7. The zero-order valence-corrected chi connectivity index (χ0v) is 18.5. The summed E-state index contributed by atoms with van der Waals surface area (Å²) < 4.78 is 2.92. The Hall–Kier alpha value is -2.32. The molecule has 0 aliphatic heterocycles. The normalized spacial score (nSPS) is 15.3. The van der Waals surface area contributed by atoms with Gasteiger partial charge in [0.2, 0.25) is 0 Å². The Morgan fingerprint density at radius 1 is 0.793 bits per heavy atom. The fourth-order valence-electron chi connectivity index (χ4n) is 5.14. The van der Waals surface area contributed by atoms with Gasteiger partial charge in [-0.15, -0.1) is 11.3 Å². The van der Waals surface area contributed by atoms with Gasteiger partial charge in [-0.05, 0) is 55.9 Å². The third-order valence-corrected chi connectivity index (χ3v) is 7.95. The molecule has 148 valence electrons. The van der Waals surface area contributed by atoms with Crippen LogP contribution in [0, 0.1) is 13.8 Å². The molecule has 1 saturated carbocycles. The van der Waals surface area contributed by atoms with Gasteiger partial charge in [-0.3, -0.25) is 0 Å². The summed E-state index contributed by atoms with van der Waals surface area (Å²) in [5.74, 6) is 0.737. The van der Waals surface area contributed by atoms with E-state index in [1.54, 1.807) is 5.56 Å². The van der Waals surface area contributed by atoms with Crippen LogP contribution in [0.3, 0.4) is 0 Å². The van der Waals surface area contributed by atoms with Crippen molar-refractivity contribution < 1.29 is 0 Å². The van der Waals surface area contributed by atoms with E-state index in [-0.39, 0.29) is 0 Å². The summed E-state index contributed by atoms with van der Waals surface area (Å²) >= 11 is 2.00. The van der Waals surface area contributed by atoms with Crippen LogP contribution in [0.1, 0.15) is 54.7 Å². The number of anilines is 2. The molecule has 0 saturated heterocycles. The van der Waals surface area contributed by atoms with Gasteiger partial charge in [0.25, 0.3) is 0 Å². The van der Waals surface area contributed by atoms with Crippen LogP contribution >= 0.6 is 11.3 Å². The Morgan fingerprint density at radius 3 is 2.28 bits per heavy atom. The van der Waals surface area contributed by atoms with Crippen LogP contribution in [0.15, 0.2) is 54.6 Å². The Bertz CT molecular complexity index is 1180. The Balaban J connectivity index is 1.67. The van der Waals surface area contributed by atoms with Crippen LogP contribution in [0.2, 0.25) is 0 Å². The van der Waals surface area contributed by atoms with Crippen molar-refractivity contribution in [1.82, 2.24) is 0 Å². The quantitative estimate of drug-likeness (QED) is 0.334. The summed E-state index contributed by atoms with van der Waals surface area (Å²) in [6, 6.07) is 20.5. The molecule has 1 aliphatic carbocycles. The second-order valence-corrected chi connectivity index (χ2v) is 9.68. The number of hydrogen-bond donors (Lipinski definition) is 0. The average Bonchev–Trinajstić information content (AvgIpc) is 3.13. The third-order valence-electron chi connectivity index (χ3n) is 6.65. The van der Waals surface area contributed by atoms with Gasteiger partial charge in [0, 0.05) is 28.2 Å². The number of aryl methyl sites for hydroxylation is 2. The van der Waals surface area contributed by atoms with Crippen LogP contribution in [-0.4, -0.2) is 7.05 Å². The molecule has 1 aliphatic rings. The first kappa shape index (κ1) is 18.7. The van der Waals surface area contributed by atoms with Gasteiger partial charge in [-0.25, -0.2) is 0 Å². The van der Waals surface area contributed by atoms with E-state index in [1.165, 1.54) is 74.8 Å². The predicted molar refractivity (Wildman–Crippen MR) is 129 cm³/mol. The molecule has 0 amide bonds. The van der Waals surface area contributed by atoms with Crippen molar-refractivity contribution in [2.24, 2.45) is 0 Å². The Morgan fingerprint density at radius 2 is 1.52 bits per heavy atom. The number of fused-ring (bicyclic) bond motifs is 3. The minimum atomic E-state index is 0.737. The van der Waals surface area contributed by atoms with E-state index in [1.807, 2.05) is 11.3 Å². The average molecular weight is 400 g/mol. The molecule has 1 heterocycles. The van der Waals surface area contributed by atoms with E-state index in [2.05, 4.69) is 80.4 Å². The molecule has 0 radical (unpaired) electrons. The summed E-state index contributed by atoms with van der Waals surface area (Å²) in [5, 5.41) is 2.83. The van der Waals surface area contributed by atoms with Crippen LogP contribution < -0.4 is 4.90 Å². The zero-order chi connectivity index (χ0) is 20.0. The molecule has 1 fully saturated rings. The van der Waals surface area contributed by atoms with Gasteiger partial charge in [0.1, 0.15) is 0 Å². The number of nitrogens with zero attached hydrogens (tertiary/aromatic N) is 1. The maximum Gasteiger partial charge on any atom is 0.0592 e. The first-order valence-electron chi connectivity index (χ1n) is 10.9. The Labute approximate surface area is 178 Å². The molecule has 0 N–H and O–H groups in total. The van der Waals surface area contributed by atoms with Gasteiger partial charge in [0.15, 0.2) is 0 Å². The highest BCUT2D eigenvalue weighted by molar-refractivity contribution is 7.26. The van der Waals surface area contributed by atoms with Gasteiger partial charge in [-0.2, -0.15) is 0 Å². The molecule has 2 heteroatoms. The summed E-state index contributed by atoms with van der Waals surface area (Å²) in [6.07, 6.45) is 6.87. The summed E-state index contributed by atoms with van der Waals surface area (Å²) in [6.45, 7) is 4.38. The lowest BCUT2D eigenvalue weighted by Crippen LogP contribution is -2.10. The number of thiophene rings is 1. The summed E-state index contributed by atoms with van der Waals surface area (Å²) in [7, 11) is 2.21. The van der Waals surface area contributed by atoms with E-state index in [4.69, 9.17) is 0 Å². The van der Waals surface area contributed by atoms with Crippen molar-refractivity contribution in [3.05, 3.63) is 71.3 Å². The second kappa shape index (κ2) is 7.50. The van der Waals surface area contributed by atoms with Crippen LogP contribution in [-0.2, 0) is 0 Å². The third kappa shape index (κ3) is 3.24. The zero-order valence-electron chi connectivity index (χ0n) is 17.7. The maximum atomic E-state index is 2.39. The number of benzene rings is 3. The SMILES string of the molecule is Cc1ccc(N(C)c2cccc3c2sc2c(C4CCCCC4)cccc23)c(C)c1. The van der Waals surface area contributed by atoms with E-state index in [0.717, 1.165) is 5.92 Å². The lowest BCUT2D eigenvalue weighted by molar-refractivity contribution is 0.446. The van der Waals surface area contributed by atoms with Crippen molar-refractivity contribution >= 4 is 42.9 Å². The van der Waals surface area contributed by atoms with Gasteiger partial charge < -0.3 is 4.90 Å². The highest BCUT2D eigenvalue weighted by Gasteiger charge is 2.21. The largest absolute Gasteiger partial charge is 0.343 e. The van der Waals surface area contributed by atoms with E-state index in [9.17, 15) is 0 Å². The van der Waals surface area contributed by atoms with E-state index in [0.29, 0.717) is 0 Å². The van der Waals surface area contributed by atoms with Gasteiger partial charge in [0.05, 0.1) is 10.4 Å². The molecule has 5 rings (SSSR count). The first-order chi connectivity index (χ1) is 14.1. The number of rotatable bonds is 3. The lowest BCUT2D eigenvalue weighted by Gasteiger charge is -2.23. The Kier molecular flexibility index (Phi) is 4.83. The maximum absolute atomic E-state index is 2.39. The molecule has 0 spiro atoms. The minimum Gasteiger partial charge on any atom is -0.343 e. The van der Waals surface area contributed by atoms with Gasteiger partial charge >= 0.3 is 0 Å². The summed E-state index contributed by atoms with van der Waals surface area (Å²) in [4.78, 5) is 2.37. The van der Waals surface area contributed by atoms with Crippen LogP contribution in [0.5, 0.6) is 0 Å². The minimum absolute atomic E-state index is 0.737. The molecule has 29 heavy (non-hydrogen) atoms. The topological polar surface area (TPSA) is 3.24 Å². The molecule has 1 nitrogen and oxygen atoms in total. The molecular formula is C27H29NS. The predicted octanol–water partition coefficient (Wildman–Crippen LogP) is 8.49. The van der Waals surface area contributed by atoms with Crippen LogP contribution in [0.25, 0.3) is 20.2 Å². The number of hydrogen-bond acceptors (Lipinski definition) is 2. The van der Waals surface area contributed by atoms with Crippen molar-refractivity contribution in [3.63, 3.8) is 0 Å². The fourth-order valence-corrected chi connectivity index (χ4v) is 6.58. The molecule has 1 aromatic heterocycles. The van der Waals surface area contributed by atoms with E-state index < -0.39 is 0 Å². The van der Waals surface area contributed by atoms with Crippen molar-refractivity contribution in [3.8, 4) is 0 Å². The molecule has 3 aromatic carbocycles. The van der Waals surface area contributed by atoms with Crippen molar-refractivity contribution in [1.29, 1.82) is 0 Å². The lowest BCUT2D eigenvalue weighted by atomic mass is 9.84. The standard InChI is InChI=1S/C27H29NS/c1-18-15-16-24(19(2)17-18)28(3)25-14-8-13-23-22-12-7-11-21(26(22)29-27(23)25)20-9-5-4-6-10-20/h7-8,11-17,20H,4-6,9-10H2,1-3H3. The van der Waals surface area contributed by atoms with Crippen molar-refractivity contribution in [2.75, 3.05) is 11.9 Å². The smallest absolute Gasteiger partial charge is 0.0592 e. The highest BCUT2D eigenvalue weighted by Crippen LogP contribution is 2.45. The molecular weight excluding hydrogens is 370 g/mol. The van der Waals surface area contributed by atoms with Gasteiger partial charge in [-0.1, -0.05) is 67.3 Å².